The highest BCUT2D eigenvalue weighted by atomic mass is 16.2. The van der Waals surface area contributed by atoms with Gasteiger partial charge in [-0.1, -0.05) is 30.3 Å². The Morgan fingerprint density at radius 3 is 2.58 bits per heavy atom. The topological polar surface area (TPSA) is 67.2 Å². The molecule has 3 rings (SSSR count). The number of likely N-dealkylation sites (tertiary alicyclic amines) is 1. The average molecular weight is 354 g/mol. The first-order valence-electron chi connectivity index (χ1n) is 9.21. The fourth-order valence-corrected chi connectivity index (χ4v) is 3.37. The fourth-order valence-electron chi connectivity index (χ4n) is 3.37. The number of rotatable bonds is 6. The Bertz CT molecular complexity index is 707. The second-order valence-electron chi connectivity index (χ2n) is 6.96. The van der Waals surface area contributed by atoms with E-state index in [9.17, 15) is 9.59 Å². The van der Waals surface area contributed by atoms with Crippen molar-refractivity contribution in [2.24, 2.45) is 5.92 Å². The van der Waals surface area contributed by atoms with E-state index >= 15 is 0 Å². The van der Waals surface area contributed by atoms with E-state index in [1.165, 1.54) is 0 Å². The standard InChI is InChI=1S/C20H26N4O2/c1-16(15-24-11-5-10-21-24)22-20(26)18-8-12-23(13-9-18)19(25)14-17-6-3-2-4-7-17/h2-7,10-11,16,18H,8-9,12-15H2,1H3,(H,22,26). The molecular weight excluding hydrogens is 328 g/mol. The highest BCUT2D eigenvalue weighted by Gasteiger charge is 2.27. The summed E-state index contributed by atoms with van der Waals surface area (Å²) in [6.07, 6.45) is 5.50. The van der Waals surface area contributed by atoms with Crippen molar-refractivity contribution in [1.82, 2.24) is 20.0 Å². The molecule has 0 radical (unpaired) electrons. The van der Waals surface area contributed by atoms with E-state index in [4.69, 9.17) is 0 Å². The summed E-state index contributed by atoms with van der Waals surface area (Å²) in [5.74, 6) is 0.206. The van der Waals surface area contributed by atoms with Crippen LogP contribution in [0.5, 0.6) is 0 Å². The first-order chi connectivity index (χ1) is 12.6. The number of piperidine rings is 1. The monoisotopic (exact) mass is 354 g/mol. The predicted molar refractivity (Wildman–Crippen MR) is 99.3 cm³/mol. The Labute approximate surface area is 154 Å². The van der Waals surface area contributed by atoms with Crippen LogP contribution in [0.4, 0.5) is 0 Å². The number of carbonyl (C=O) groups excluding carboxylic acids is 2. The van der Waals surface area contributed by atoms with E-state index in [1.807, 2.05) is 59.1 Å². The summed E-state index contributed by atoms with van der Waals surface area (Å²) in [6, 6.07) is 11.7. The molecule has 0 aliphatic carbocycles. The quantitative estimate of drug-likeness (QED) is 0.861. The Morgan fingerprint density at radius 1 is 1.19 bits per heavy atom. The van der Waals surface area contributed by atoms with Gasteiger partial charge in [-0.05, 0) is 31.4 Å². The zero-order valence-corrected chi connectivity index (χ0v) is 15.2. The molecule has 138 valence electrons. The molecule has 0 saturated carbocycles. The molecule has 6 heteroatoms. The van der Waals surface area contributed by atoms with Crippen LogP contribution in [0.2, 0.25) is 0 Å². The van der Waals surface area contributed by atoms with Gasteiger partial charge < -0.3 is 10.2 Å². The lowest BCUT2D eigenvalue weighted by Gasteiger charge is -2.32. The summed E-state index contributed by atoms with van der Waals surface area (Å²) in [5.41, 5.74) is 1.03. The minimum atomic E-state index is -0.0177. The lowest BCUT2D eigenvalue weighted by atomic mass is 9.95. The van der Waals surface area contributed by atoms with Crippen LogP contribution in [0.3, 0.4) is 0 Å². The Kier molecular flexibility index (Phi) is 6.04. The van der Waals surface area contributed by atoms with Crippen molar-refractivity contribution in [1.29, 1.82) is 0 Å². The van der Waals surface area contributed by atoms with Gasteiger partial charge in [-0.25, -0.2) is 0 Å². The zero-order chi connectivity index (χ0) is 18.4. The Balaban J connectivity index is 1.42. The van der Waals surface area contributed by atoms with Gasteiger partial charge in [0.05, 0.1) is 13.0 Å². The normalized spacial score (nSPS) is 16.3. The van der Waals surface area contributed by atoms with Crippen molar-refractivity contribution in [3.8, 4) is 0 Å². The summed E-state index contributed by atoms with van der Waals surface area (Å²) < 4.78 is 1.82. The molecule has 1 aliphatic heterocycles. The number of nitrogens with zero attached hydrogens (tertiary/aromatic N) is 3. The molecule has 1 aromatic carbocycles. The maximum absolute atomic E-state index is 12.5. The van der Waals surface area contributed by atoms with Crippen LogP contribution in [-0.4, -0.2) is 45.6 Å². The molecule has 2 heterocycles. The van der Waals surface area contributed by atoms with Gasteiger partial charge in [-0.15, -0.1) is 0 Å². The fraction of sp³-hybridized carbons (Fsp3) is 0.450. The Morgan fingerprint density at radius 2 is 1.92 bits per heavy atom. The minimum Gasteiger partial charge on any atom is -0.352 e. The van der Waals surface area contributed by atoms with Gasteiger partial charge in [-0.2, -0.15) is 5.10 Å². The van der Waals surface area contributed by atoms with E-state index in [0.717, 1.165) is 18.4 Å². The third-order valence-electron chi connectivity index (χ3n) is 4.83. The molecule has 6 nitrogen and oxygen atoms in total. The SMILES string of the molecule is CC(Cn1cccn1)NC(=O)C1CCN(C(=O)Cc2ccccc2)CC1. The molecule has 2 aromatic rings. The molecule has 1 atom stereocenters. The third kappa shape index (κ3) is 4.94. The summed E-state index contributed by atoms with van der Waals surface area (Å²) in [6.45, 7) is 3.94. The largest absolute Gasteiger partial charge is 0.352 e. The van der Waals surface area contributed by atoms with Crippen molar-refractivity contribution in [3.63, 3.8) is 0 Å². The van der Waals surface area contributed by atoms with Gasteiger partial charge in [0.1, 0.15) is 0 Å². The molecule has 0 spiro atoms. The van der Waals surface area contributed by atoms with Crippen LogP contribution >= 0.6 is 0 Å². The van der Waals surface area contributed by atoms with E-state index in [2.05, 4.69) is 10.4 Å². The van der Waals surface area contributed by atoms with Gasteiger partial charge in [0.2, 0.25) is 11.8 Å². The van der Waals surface area contributed by atoms with Gasteiger partial charge in [0.25, 0.3) is 0 Å². The molecule has 1 N–H and O–H groups in total. The van der Waals surface area contributed by atoms with Crippen molar-refractivity contribution in [2.45, 2.75) is 38.8 Å². The number of benzene rings is 1. The van der Waals surface area contributed by atoms with E-state index in [-0.39, 0.29) is 23.8 Å². The number of carbonyl (C=O) groups is 2. The van der Waals surface area contributed by atoms with Crippen LogP contribution in [0.25, 0.3) is 0 Å². The second-order valence-corrected chi connectivity index (χ2v) is 6.96. The van der Waals surface area contributed by atoms with Crippen LogP contribution < -0.4 is 5.32 Å². The maximum atomic E-state index is 12.5. The number of hydrogen-bond donors (Lipinski definition) is 1. The summed E-state index contributed by atoms with van der Waals surface area (Å²) in [4.78, 5) is 26.8. The maximum Gasteiger partial charge on any atom is 0.226 e. The molecule has 2 amide bonds. The van der Waals surface area contributed by atoms with Crippen LogP contribution in [0.1, 0.15) is 25.3 Å². The van der Waals surface area contributed by atoms with Gasteiger partial charge >= 0.3 is 0 Å². The van der Waals surface area contributed by atoms with Gasteiger partial charge in [0, 0.05) is 37.4 Å². The smallest absolute Gasteiger partial charge is 0.226 e. The van der Waals surface area contributed by atoms with Gasteiger partial charge in [0.15, 0.2) is 0 Å². The summed E-state index contributed by atoms with van der Waals surface area (Å²) in [5, 5.41) is 7.23. The highest BCUT2D eigenvalue weighted by Crippen LogP contribution is 2.18. The molecule has 26 heavy (non-hydrogen) atoms. The van der Waals surface area contributed by atoms with Crippen LogP contribution in [0.15, 0.2) is 48.8 Å². The molecule has 1 saturated heterocycles. The molecule has 0 bridgehead atoms. The lowest BCUT2D eigenvalue weighted by molar-refractivity contribution is -0.135. The second kappa shape index (κ2) is 8.65. The highest BCUT2D eigenvalue weighted by molar-refractivity contribution is 5.81. The molecule has 1 unspecified atom stereocenters. The lowest BCUT2D eigenvalue weighted by Crippen LogP contribution is -2.45. The molecule has 1 fully saturated rings. The van der Waals surface area contributed by atoms with Gasteiger partial charge in [-0.3, -0.25) is 14.3 Å². The summed E-state index contributed by atoms with van der Waals surface area (Å²) >= 11 is 0. The average Bonchev–Trinajstić information content (AvgIpc) is 3.15. The first-order valence-corrected chi connectivity index (χ1v) is 9.21. The van der Waals surface area contributed by atoms with E-state index < -0.39 is 0 Å². The zero-order valence-electron chi connectivity index (χ0n) is 15.2. The summed E-state index contributed by atoms with van der Waals surface area (Å²) in [7, 11) is 0. The molecule has 1 aliphatic rings. The third-order valence-corrected chi connectivity index (χ3v) is 4.83. The number of hydrogen-bond acceptors (Lipinski definition) is 3. The van der Waals surface area contributed by atoms with E-state index in [0.29, 0.717) is 26.1 Å². The van der Waals surface area contributed by atoms with Crippen molar-refractivity contribution in [2.75, 3.05) is 13.1 Å². The first kappa shape index (κ1) is 18.2. The minimum absolute atomic E-state index is 0.0177. The van der Waals surface area contributed by atoms with Crippen molar-refractivity contribution >= 4 is 11.8 Å². The molecular formula is C20H26N4O2. The molecule has 1 aromatic heterocycles. The van der Waals surface area contributed by atoms with E-state index in [1.54, 1.807) is 6.20 Å². The number of amides is 2. The van der Waals surface area contributed by atoms with Crippen LogP contribution in [0, 0.1) is 5.92 Å². The number of aromatic nitrogens is 2. The number of nitrogens with one attached hydrogen (secondary N) is 1. The van der Waals surface area contributed by atoms with Crippen molar-refractivity contribution < 1.29 is 9.59 Å². The Hall–Kier alpha value is -2.63. The van der Waals surface area contributed by atoms with Crippen LogP contribution in [-0.2, 0) is 22.6 Å². The predicted octanol–water partition coefficient (Wildman–Crippen LogP) is 1.87. The van der Waals surface area contributed by atoms with Crippen molar-refractivity contribution in [3.05, 3.63) is 54.4 Å².